The number of carbonyl (C=O) groups is 1. The number of ether oxygens (including phenoxy) is 1. The van der Waals surface area contributed by atoms with Gasteiger partial charge in [0.15, 0.2) is 0 Å². The van der Waals surface area contributed by atoms with Crippen LogP contribution in [0, 0.1) is 5.92 Å². The SMILES string of the molecule is CC(C)(C)OC(=O)N1CCC(N)C(CO)C1.Cl. The van der Waals surface area contributed by atoms with Crippen molar-refractivity contribution in [2.24, 2.45) is 11.7 Å². The van der Waals surface area contributed by atoms with Crippen LogP contribution >= 0.6 is 12.4 Å². The topological polar surface area (TPSA) is 75.8 Å². The lowest BCUT2D eigenvalue weighted by Crippen LogP contribution is -2.51. The molecule has 1 rings (SSSR count). The van der Waals surface area contributed by atoms with E-state index in [9.17, 15) is 4.79 Å². The first-order valence-electron chi connectivity index (χ1n) is 5.68. The Balaban J connectivity index is 0.00000256. The molecular weight excluding hydrogens is 244 g/mol. The lowest BCUT2D eigenvalue weighted by atomic mass is 9.94. The number of aliphatic hydroxyl groups excluding tert-OH is 1. The highest BCUT2D eigenvalue weighted by atomic mass is 35.5. The van der Waals surface area contributed by atoms with Crippen molar-refractivity contribution in [3.8, 4) is 0 Å². The number of nitrogens with zero attached hydrogens (tertiary/aromatic N) is 1. The predicted molar refractivity (Wildman–Crippen MR) is 68.2 cm³/mol. The van der Waals surface area contributed by atoms with E-state index in [1.165, 1.54) is 0 Å². The van der Waals surface area contributed by atoms with E-state index in [0.29, 0.717) is 19.5 Å². The minimum atomic E-state index is -0.481. The van der Waals surface area contributed by atoms with Crippen LogP contribution in [0.25, 0.3) is 0 Å². The Hall–Kier alpha value is -0.520. The summed E-state index contributed by atoms with van der Waals surface area (Å²) in [4.78, 5) is 13.4. The summed E-state index contributed by atoms with van der Waals surface area (Å²) in [6, 6.07) is -0.0244. The molecule has 3 N–H and O–H groups in total. The Morgan fingerprint density at radius 2 is 2.12 bits per heavy atom. The second-order valence-electron chi connectivity index (χ2n) is 5.32. The van der Waals surface area contributed by atoms with Crippen LogP contribution in [0.2, 0.25) is 0 Å². The molecule has 1 aliphatic rings. The van der Waals surface area contributed by atoms with E-state index in [1.54, 1.807) is 4.90 Å². The summed E-state index contributed by atoms with van der Waals surface area (Å²) in [7, 11) is 0. The number of nitrogens with two attached hydrogens (primary N) is 1. The molecular formula is C11H23ClN2O3. The van der Waals surface area contributed by atoms with Crippen molar-refractivity contribution in [3.05, 3.63) is 0 Å². The molecule has 1 heterocycles. The summed E-state index contributed by atoms with van der Waals surface area (Å²) in [6.07, 6.45) is 0.391. The van der Waals surface area contributed by atoms with Crippen LogP contribution in [-0.4, -0.2) is 47.4 Å². The normalized spacial score (nSPS) is 25.1. The van der Waals surface area contributed by atoms with Crippen molar-refractivity contribution in [3.63, 3.8) is 0 Å². The maximum atomic E-state index is 11.8. The molecule has 0 radical (unpaired) electrons. The third-order valence-corrected chi connectivity index (χ3v) is 2.68. The van der Waals surface area contributed by atoms with Gasteiger partial charge in [0.25, 0.3) is 0 Å². The standard InChI is InChI=1S/C11H22N2O3.ClH/c1-11(2,3)16-10(15)13-5-4-9(12)8(6-13)7-14;/h8-9,14H,4-7,12H2,1-3H3;1H. The molecule has 1 saturated heterocycles. The molecule has 2 atom stereocenters. The van der Waals surface area contributed by atoms with Gasteiger partial charge in [-0.1, -0.05) is 0 Å². The van der Waals surface area contributed by atoms with Gasteiger partial charge in [-0.25, -0.2) is 4.79 Å². The number of aliphatic hydroxyl groups is 1. The van der Waals surface area contributed by atoms with Gasteiger partial charge < -0.3 is 20.5 Å². The molecule has 0 bridgehead atoms. The third-order valence-electron chi connectivity index (χ3n) is 2.68. The molecule has 0 spiro atoms. The smallest absolute Gasteiger partial charge is 0.410 e. The number of piperidine rings is 1. The summed E-state index contributed by atoms with van der Waals surface area (Å²) in [5.41, 5.74) is 5.36. The van der Waals surface area contributed by atoms with Crippen molar-refractivity contribution in [2.75, 3.05) is 19.7 Å². The quantitative estimate of drug-likeness (QED) is 0.742. The first kappa shape index (κ1) is 16.5. The average molecular weight is 267 g/mol. The molecule has 1 aliphatic heterocycles. The van der Waals surface area contributed by atoms with E-state index in [4.69, 9.17) is 15.6 Å². The van der Waals surface area contributed by atoms with Gasteiger partial charge >= 0.3 is 6.09 Å². The van der Waals surface area contributed by atoms with Crippen LogP contribution < -0.4 is 5.73 Å². The monoisotopic (exact) mass is 266 g/mol. The Bertz CT molecular complexity index is 256. The second-order valence-corrected chi connectivity index (χ2v) is 5.32. The third kappa shape index (κ3) is 5.10. The molecule has 0 saturated carbocycles. The van der Waals surface area contributed by atoms with Gasteiger partial charge in [0, 0.05) is 31.7 Å². The highest BCUT2D eigenvalue weighted by Gasteiger charge is 2.31. The first-order valence-corrected chi connectivity index (χ1v) is 5.68. The first-order chi connectivity index (χ1) is 7.33. The number of rotatable bonds is 1. The summed E-state index contributed by atoms with van der Waals surface area (Å²) >= 11 is 0. The molecule has 0 aliphatic carbocycles. The molecule has 17 heavy (non-hydrogen) atoms. The highest BCUT2D eigenvalue weighted by molar-refractivity contribution is 5.85. The molecule has 0 aromatic rings. The van der Waals surface area contributed by atoms with E-state index in [-0.39, 0.29) is 37.1 Å². The zero-order valence-electron chi connectivity index (χ0n) is 10.7. The van der Waals surface area contributed by atoms with Crippen molar-refractivity contribution >= 4 is 18.5 Å². The summed E-state index contributed by atoms with van der Waals surface area (Å²) < 4.78 is 5.27. The van der Waals surface area contributed by atoms with E-state index < -0.39 is 5.60 Å². The van der Waals surface area contributed by atoms with Gasteiger partial charge in [-0.15, -0.1) is 12.4 Å². The highest BCUT2D eigenvalue weighted by Crippen LogP contribution is 2.18. The van der Waals surface area contributed by atoms with Gasteiger partial charge in [-0.3, -0.25) is 0 Å². The number of hydrogen-bond donors (Lipinski definition) is 2. The molecule has 5 nitrogen and oxygen atoms in total. The Kier molecular flexibility index (Phi) is 6.23. The Morgan fingerprint density at radius 3 is 2.59 bits per heavy atom. The number of halogens is 1. The fourth-order valence-corrected chi connectivity index (χ4v) is 1.74. The zero-order valence-corrected chi connectivity index (χ0v) is 11.5. The molecule has 0 aromatic heterocycles. The van der Waals surface area contributed by atoms with Crippen LogP contribution in [0.15, 0.2) is 0 Å². The minimum absolute atomic E-state index is 0. The van der Waals surface area contributed by atoms with E-state index >= 15 is 0 Å². The number of carbonyl (C=O) groups excluding carboxylic acids is 1. The number of amides is 1. The molecule has 6 heteroatoms. The Labute approximate surface area is 109 Å². The van der Waals surface area contributed by atoms with Gasteiger partial charge in [0.1, 0.15) is 5.60 Å². The molecule has 2 unspecified atom stereocenters. The Morgan fingerprint density at radius 1 is 1.53 bits per heavy atom. The van der Waals surface area contributed by atoms with Gasteiger partial charge in [-0.05, 0) is 27.2 Å². The second kappa shape index (κ2) is 6.42. The lowest BCUT2D eigenvalue weighted by molar-refractivity contribution is 0.0107. The van der Waals surface area contributed by atoms with Crippen LogP contribution in [0.5, 0.6) is 0 Å². The van der Waals surface area contributed by atoms with Crippen molar-refractivity contribution < 1.29 is 14.6 Å². The fourth-order valence-electron chi connectivity index (χ4n) is 1.74. The minimum Gasteiger partial charge on any atom is -0.444 e. The van der Waals surface area contributed by atoms with Gasteiger partial charge in [0.05, 0.1) is 0 Å². The van der Waals surface area contributed by atoms with Crippen molar-refractivity contribution in [1.82, 2.24) is 4.90 Å². The van der Waals surface area contributed by atoms with Crippen molar-refractivity contribution in [2.45, 2.75) is 38.8 Å². The number of likely N-dealkylation sites (tertiary alicyclic amines) is 1. The fraction of sp³-hybridized carbons (Fsp3) is 0.909. The zero-order chi connectivity index (χ0) is 12.3. The van der Waals surface area contributed by atoms with E-state index in [2.05, 4.69) is 0 Å². The van der Waals surface area contributed by atoms with Gasteiger partial charge in [0.2, 0.25) is 0 Å². The van der Waals surface area contributed by atoms with Crippen molar-refractivity contribution in [1.29, 1.82) is 0 Å². The van der Waals surface area contributed by atoms with Crippen LogP contribution in [0.1, 0.15) is 27.2 Å². The van der Waals surface area contributed by atoms with E-state index in [0.717, 1.165) is 0 Å². The molecule has 102 valence electrons. The molecule has 0 aromatic carbocycles. The summed E-state index contributed by atoms with van der Waals surface area (Å²) in [5, 5.41) is 9.13. The average Bonchev–Trinajstić information content (AvgIpc) is 2.15. The molecule has 1 amide bonds. The van der Waals surface area contributed by atoms with E-state index in [1.807, 2.05) is 20.8 Å². The summed E-state index contributed by atoms with van der Waals surface area (Å²) in [5.74, 6) is -0.0405. The largest absolute Gasteiger partial charge is 0.444 e. The maximum absolute atomic E-state index is 11.8. The predicted octanol–water partition coefficient (Wildman–Crippen LogP) is 0.985. The maximum Gasteiger partial charge on any atom is 0.410 e. The lowest BCUT2D eigenvalue weighted by Gasteiger charge is -2.36. The van der Waals surface area contributed by atoms with Gasteiger partial charge in [-0.2, -0.15) is 0 Å². The molecule has 1 fully saturated rings. The van der Waals surface area contributed by atoms with Crippen LogP contribution in [0.4, 0.5) is 4.79 Å². The van der Waals surface area contributed by atoms with Crippen LogP contribution in [-0.2, 0) is 4.74 Å². The number of hydrogen-bond acceptors (Lipinski definition) is 4. The van der Waals surface area contributed by atoms with Crippen LogP contribution in [0.3, 0.4) is 0 Å². The summed E-state index contributed by atoms with van der Waals surface area (Å²) in [6.45, 7) is 6.61.